The lowest BCUT2D eigenvalue weighted by molar-refractivity contribution is -0.168. The van der Waals surface area contributed by atoms with Crippen LogP contribution in [0.3, 0.4) is 0 Å². The van der Waals surface area contributed by atoms with E-state index < -0.39 is 0 Å². The van der Waals surface area contributed by atoms with Crippen molar-refractivity contribution in [2.75, 3.05) is 13.2 Å². The van der Waals surface area contributed by atoms with Crippen molar-refractivity contribution in [2.24, 2.45) is 0 Å². The number of rotatable bonds is 16. The van der Waals surface area contributed by atoms with Gasteiger partial charge in [-0.1, -0.05) is 90.9 Å². The Morgan fingerprint density at radius 1 is 0.522 bits per heavy atom. The van der Waals surface area contributed by atoms with Crippen LogP contribution in [0.4, 0.5) is 0 Å². The van der Waals surface area contributed by atoms with E-state index in [9.17, 15) is 0 Å². The first-order valence-electron chi connectivity index (χ1n) is 10.6. The lowest BCUT2D eigenvalue weighted by atomic mass is 9.99. The minimum absolute atomic E-state index is 0.215. The quantitative estimate of drug-likeness (QED) is 0.284. The molecule has 2 nitrogen and oxygen atoms in total. The van der Waals surface area contributed by atoms with Gasteiger partial charge < -0.3 is 9.47 Å². The Labute approximate surface area is 145 Å². The largest absolute Gasteiger partial charge is 0.348 e. The first kappa shape index (κ1) is 21.0. The molecule has 0 radical (unpaired) electrons. The summed E-state index contributed by atoms with van der Waals surface area (Å²) >= 11 is 0. The zero-order valence-corrected chi connectivity index (χ0v) is 16.0. The van der Waals surface area contributed by atoms with Gasteiger partial charge in [-0.05, 0) is 12.8 Å². The molecule has 0 saturated carbocycles. The van der Waals surface area contributed by atoms with Crippen molar-refractivity contribution < 1.29 is 9.47 Å². The number of ether oxygens (including phenoxy) is 2. The van der Waals surface area contributed by atoms with Crippen LogP contribution >= 0.6 is 0 Å². The average Bonchev–Trinajstić information content (AvgIpc) is 3.02. The van der Waals surface area contributed by atoms with Crippen LogP contribution in [0, 0.1) is 0 Å². The Morgan fingerprint density at radius 3 is 1.26 bits per heavy atom. The molecule has 0 aromatic carbocycles. The molecule has 0 aromatic heterocycles. The molecule has 2 heteroatoms. The molecule has 0 bridgehead atoms. The summed E-state index contributed by atoms with van der Waals surface area (Å²) in [5, 5.41) is 0. The third kappa shape index (κ3) is 10.4. The molecule has 1 heterocycles. The van der Waals surface area contributed by atoms with Gasteiger partial charge in [0.15, 0.2) is 5.79 Å². The summed E-state index contributed by atoms with van der Waals surface area (Å²) in [6, 6.07) is 0. The molecule has 0 N–H and O–H groups in total. The standard InChI is InChI=1S/C21H42O2/c1-3-5-7-9-11-12-14-16-18-21(22-19-20-23-21)17-15-13-10-8-6-4-2/h3-20H2,1-2H3. The lowest BCUT2D eigenvalue weighted by Gasteiger charge is -2.27. The van der Waals surface area contributed by atoms with E-state index in [1.807, 2.05) is 0 Å². The van der Waals surface area contributed by atoms with Crippen LogP contribution in [-0.4, -0.2) is 19.0 Å². The minimum atomic E-state index is -0.215. The van der Waals surface area contributed by atoms with Gasteiger partial charge in [-0.2, -0.15) is 0 Å². The molecule has 1 rings (SSSR count). The fourth-order valence-corrected chi connectivity index (χ4v) is 3.61. The number of unbranched alkanes of at least 4 members (excludes halogenated alkanes) is 12. The maximum atomic E-state index is 6.01. The molecular formula is C21H42O2. The third-order valence-electron chi connectivity index (χ3n) is 5.14. The predicted octanol–water partition coefficient (Wildman–Crippen LogP) is 7.01. The zero-order chi connectivity index (χ0) is 16.6. The number of hydrogen-bond acceptors (Lipinski definition) is 2. The first-order chi connectivity index (χ1) is 11.3. The summed E-state index contributed by atoms with van der Waals surface area (Å²) in [7, 11) is 0. The molecular weight excluding hydrogens is 284 g/mol. The SMILES string of the molecule is CCCCCCCCCCC1(CCCCCCCC)OCCO1. The van der Waals surface area contributed by atoms with Crippen LogP contribution in [0.25, 0.3) is 0 Å². The molecule has 0 spiro atoms. The van der Waals surface area contributed by atoms with Crippen LogP contribution in [0.15, 0.2) is 0 Å². The second-order valence-corrected chi connectivity index (χ2v) is 7.35. The molecule has 0 unspecified atom stereocenters. The van der Waals surface area contributed by atoms with Gasteiger partial charge in [-0.25, -0.2) is 0 Å². The van der Waals surface area contributed by atoms with Gasteiger partial charge >= 0.3 is 0 Å². The zero-order valence-electron chi connectivity index (χ0n) is 16.0. The molecule has 0 amide bonds. The smallest absolute Gasteiger partial charge is 0.168 e. The van der Waals surface area contributed by atoms with Crippen LogP contribution < -0.4 is 0 Å². The Hall–Kier alpha value is -0.0800. The molecule has 0 atom stereocenters. The Bertz CT molecular complexity index is 246. The topological polar surface area (TPSA) is 18.5 Å². The molecule has 23 heavy (non-hydrogen) atoms. The van der Waals surface area contributed by atoms with E-state index in [1.54, 1.807) is 0 Å². The maximum Gasteiger partial charge on any atom is 0.168 e. The summed E-state index contributed by atoms with van der Waals surface area (Å²) in [4.78, 5) is 0. The molecule has 1 aliphatic rings. The average molecular weight is 327 g/mol. The Morgan fingerprint density at radius 2 is 0.870 bits per heavy atom. The highest BCUT2D eigenvalue weighted by molar-refractivity contribution is 4.74. The van der Waals surface area contributed by atoms with Crippen molar-refractivity contribution in [3.63, 3.8) is 0 Å². The van der Waals surface area contributed by atoms with Crippen LogP contribution in [-0.2, 0) is 9.47 Å². The van der Waals surface area contributed by atoms with Crippen molar-refractivity contribution in [3.05, 3.63) is 0 Å². The van der Waals surface area contributed by atoms with Crippen molar-refractivity contribution >= 4 is 0 Å². The molecule has 0 aliphatic carbocycles. The minimum Gasteiger partial charge on any atom is -0.348 e. The molecule has 1 aliphatic heterocycles. The monoisotopic (exact) mass is 326 g/mol. The number of hydrogen-bond donors (Lipinski definition) is 0. The second-order valence-electron chi connectivity index (χ2n) is 7.35. The molecule has 1 saturated heterocycles. The maximum absolute atomic E-state index is 6.01. The van der Waals surface area contributed by atoms with E-state index >= 15 is 0 Å². The van der Waals surface area contributed by atoms with Gasteiger partial charge in [0.1, 0.15) is 0 Å². The molecule has 0 aromatic rings. The van der Waals surface area contributed by atoms with Gasteiger partial charge in [0.05, 0.1) is 13.2 Å². The van der Waals surface area contributed by atoms with Crippen LogP contribution in [0.5, 0.6) is 0 Å². The predicted molar refractivity (Wildman–Crippen MR) is 99.9 cm³/mol. The first-order valence-corrected chi connectivity index (χ1v) is 10.6. The molecule has 138 valence electrons. The highest BCUT2D eigenvalue weighted by atomic mass is 16.7. The van der Waals surface area contributed by atoms with Gasteiger partial charge in [0.2, 0.25) is 0 Å². The van der Waals surface area contributed by atoms with Crippen molar-refractivity contribution in [1.29, 1.82) is 0 Å². The summed E-state index contributed by atoms with van der Waals surface area (Å²) in [5.74, 6) is -0.215. The van der Waals surface area contributed by atoms with E-state index in [1.165, 1.54) is 89.9 Å². The normalized spacial score (nSPS) is 17.0. The highest BCUT2D eigenvalue weighted by Gasteiger charge is 2.34. The fourth-order valence-electron chi connectivity index (χ4n) is 3.61. The van der Waals surface area contributed by atoms with Gasteiger partial charge in [-0.15, -0.1) is 0 Å². The van der Waals surface area contributed by atoms with Crippen LogP contribution in [0.2, 0.25) is 0 Å². The van der Waals surface area contributed by atoms with Crippen molar-refractivity contribution in [2.45, 2.75) is 122 Å². The summed E-state index contributed by atoms with van der Waals surface area (Å²) in [6.07, 6.45) is 21.3. The Kier molecular flexibility index (Phi) is 13.0. The van der Waals surface area contributed by atoms with Gasteiger partial charge in [0, 0.05) is 12.8 Å². The van der Waals surface area contributed by atoms with E-state index in [4.69, 9.17) is 9.47 Å². The summed E-state index contributed by atoms with van der Waals surface area (Å²) in [5.41, 5.74) is 0. The van der Waals surface area contributed by atoms with E-state index in [0.717, 1.165) is 26.1 Å². The van der Waals surface area contributed by atoms with Crippen molar-refractivity contribution in [1.82, 2.24) is 0 Å². The second kappa shape index (κ2) is 14.3. The summed E-state index contributed by atoms with van der Waals surface area (Å²) in [6.45, 7) is 6.16. The lowest BCUT2D eigenvalue weighted by Crippen LogP contribution is -2.30. The van der Waals surface area contributed by atoms with Gasteiger partial charge in [0.25, 0.3) is 0 Å². The highest BCUT2D eigenvalue weighted by Crippen LogP contribution is 2.32. The third-order valence-corrected chi connectivity index (χ3v) is 5.14. The van der Waals surface area contributed by atoms with Crippen molar-refractivity contribution in [3.8, 4) is 0 Å². The van der Waals surface area contributed by atoms with E-state index in [0.29, 0.717) is 0 Å². The molecule has 1 fully saturated rings. The van der Waals surface area contributed by atoms with E-state index in [2.05, 4.69) is 13.8 Å². The van der Waals surface area contributed by atoms with Crippen LogP contribution in [0.1, 0.15) is 117 Å². The van der Waals surface area contributed by atoms with E-state index in [-0.39, 0.29) is 5.79 Å². The summed E-state index contributed by atoms with van der Waals surface area (Å²) < 4.78 is 12.0. The van der Waals surface area contributed by atoms with Gasteiger partial charge in [-0.3, -0.25) is 0 Å². The fraction of sp³-hybridized carbons (Fsp3) is 1.00. The Balaban J connectivity index is 2.04.